The van der Waals surface area contributed by atoms with Gasteiger partial charge < -0.3 is 9.47 Å². The zero-order valence-electron chi connectivity index (χ0n) is 28.3. The highest BCUT2D eigenvalue weighted by Gasteiger charge is 2.26. The zero-order valence-corrected chi connectivity index (χ0v) is 28.3. The van der Waals surface area contributed by atoms with Gasteiger partial charge in [-0.15, -0.1) is 0 Å². The third-order valence-electron chi connectivity index (χ3n) is 9.63. The number of esters is 2. The van der Waals surface area contributed by atoms with Crippen molar-refractivity contribution in [3.63, 3.8) is 0 Å². The Morgan fingerprint density at radius 3 is 1.10 bits per heavy atom. The normalized spacial score (nSPS) is 11.4. The highest BCUT2D eigenvalue weighted by atomic mass is 16.5. The zero-order chi connectivity index (χ0) is 34.5. The van der Waals surface area contributed by atoms with E-state index < -0.39 is 11.9 Å². The van der Waals surface area contributed by atoms with Crippen LogP contribution < -0.4 is 9.47 Å². The number of hydrogen-bond donors (Lipinski definition) is 0. The van der Waals surface area contributed by atoms with Crippen LogP contribution in [0.1, 0.15) is 43.0 Å². The van der Waals surface area contributed by atoms with Crippen LogP contribution in [0.5, 0.6) is 11.5 Å². The third-order valence-corrected chi connectivity index (χ3v) is 9.63. The number of carbonyl (C=O) groups is 2. The molecule has 0 unspecified atom stereocenters. The van der Waals surface area contributed by atoms with Crippen LogP contribution in [0, 0.1) is 27.7 Å². The van der Waals surface area contributed by atoms with E-state index in [9.17, 15) is 9.59 Å². The van der Waals surface area contributed by atoms with Crippen molar-refractivity contribution in [1.82, 2.24) is 0 Å². The largest absolute Gasteiger partial charge is 0.422 e. The predicted octanol–water partition coefficient (Wildman–Crippen LogP) is 11.6. The van der Waals surface area contributed by atoms with Gasteiger partial charge in [-0.3, -0.25) is 0 Å². The van der Waals surface area contributed by atoms with E-state index in [4.69, 9.17) is 9.47 Å². The monoisotopic (exact) mass is 650 g/mol. The Kier molecular flexibility index (Phi) is 7.65. The van der Waals surface area contributed by atoms with Crippen LogP contribution in [0.2, 0.25) is 0 Å². The molecule has 0 aromatic heterocycles. The number of aryl methyl sites for hydroxylation is 4. The third kappa shape index (κ3) is 5.17. The van der Waals surface area contributed by atoms with Gasteiger partial charge in [-0.1, -0.05) is 120 Å². The van der Waals surface area contributed by atoms with Crippen LogP contribution in [0.15, 0.2) is 133 Å². The summed E-state index contributed by atoms with van der Waals surface area (Å²) in [6.45, 7) is 8.18. The molecule has 0 radical (unpaired) electrons. The van der Waals surface area contributed by atoms with Crippen molar-refractivity contribution >= 4 is 55.0 Å². The van der Waals surface area contributed by atoms with Crippen molar-refractivity contribution in [2.75, 3.05) is 0 Å². The first-order valence-corrected chi connectivity index (χ1v) is 16.8. The highest BCUT2D eigenvalue weighted by Crippen LogP contribution is 2.51. The molecule has 0 aliphatic carbocycles. The standard InChI is InChI=1S/C46H34O4/c1-27-19-23-31(24-20-27)45(47)49-43-35-15-7-5-13-33(35)41(39-29(3)11-9-17-37(39)43)42-34-14-6-8-16-36(34)44(38-18-10-12-30(4)40(38)42)50-46(48)32-25-21-28(2)22-26-32/h5-26H,1-4H3. The fourth-order valence-corrected chi connectivity index (χ4v) is 7.16. The molecule has 4 heteroatoms. The summed E-state index contributed by atoms with van der Waals surface area (Å²) in [5.41, 5.74) is 7.31. The fourth-order valence-electron chi connectivity index (χ4n) is 7.16. The number of rotatable bonds is 5. The summed E-state index contributed by atoms with van der Waals surface area (Å²) in [7, 11) is 0. The van der Waals surface area contributed by atoms with E-state index in [0.717, 1.165) is 76.5 Å². The van der Waals surface area contributed by atoms with Gasteiger partial charge in [0.05, 0.1) is 11.1 Å². The maximum absolute atomic E-state index is 13.6. The summed E-state index contributed by atoms with van der Waals surface area (Å²) in [5.74, 6) is 0.250. The van der Waals surface area contributed by atoms with Crippen LogP contribution in [-0.4, -0.2) is 11.9 Å². The van der Waals surface area contributed by atoms with Gasteiger partial charge in [-0.05, 0) is 95.8 Å². The van der Waals surface area contributed by atoms with E-state index in [1.54, 1.807) is 24.3 Å². The van der Waals surface area contributed by atoms with Crippen molar-refractivity contribution < 1.29 is 19.1 Å². The Hall–Kier alpha value is -6.26. The number of fused-ring (bicyclic) bond motifs is 4. The summed E-state index contributed by atoms with van der Waals surface area (Å²) in [6, 6.07) is 43.4. The molecule has 0 spiro atoms. The molecule has 0 amide bonds. The molecule has 242 valence electrons. The number of ether oxygens (including phenoxy) is 2. The molecule has 0 fully saturated rings. The van der Waals surface area contributed by atoms with Crippen molar-refractivity contribution in [1.29, 1.82) is 0 Å². The molecule has 0 saturated carbocycles. The van der Waals surface area contributed by atoms with E-state index in [1.165, 1.54) is 0 Å². The highest BCUT2D eigenvalue weighted by molar-refractivity contribution is 6.28. The molecule has 50 heavy (non-hydrogen) atoms. The number of benzene rings is 8. The molecule has 8 rings (SSSR count). The summed E-state index contributed by atoms with van der Waals surface area (Å²) < 4.78 is 12.7. The molecule has 0 heterocycles. The van der Waals surface area contributed by atoms with Gasteiger partial charge in [0.15, 0.2) is 0 Å². The van der Waals surface area contributed by atoms with E-state index in [-0.39, 0.29) is 0 Å². The summed E-state index contributed by atoms with van der Waals surface area (Å²) in [5, 5.41) is 7.28. The number of carbonyl (C=O) groups excluding carboxylic acids is 2. The Bertz CT molecular complexity index is 2460. The minimum atomic E-state index is -0.405. The Morgan fingerprint density at radius 2 is 0.720 bits per heavy atom. The van der Waals surface area contributed by atoms with Gasteiger partial charge in [-0.25, -0.2) is 9.59 Å². The van der Waals surface area contributed by atoms with Gasteiger partial charge >= 0.3 is 11.9 Å². The molecular weight excluding hydrogens is 617 g/mol. The molecule has 8 aromatic carbocycles. The fraction of sp³-hybridized carbons (Fsp3) is 0.0870. The van der Waals surface area contributed by atoms with Gasteiger partial charge in [-0.2, -0.15) is 0 Å². The van der Waals surface area contributed by atoms with Crippen LogP contribution >= 0.6 is 0 Å². The van der Waals surface area contributed by atoms with Crippen LogP contribution in [0.25, 0.3) is 54.2 Å². The molecular formula is C46H34O4. The molecule has 0 N–H and O–H groups in total. The second-order valence-electron chi connectivity index (χ2n) is 13.0. The summed E-state index contributed by atoms with van der Waals surface area (Å²) in [4.78, 5) is 27.3. The lowest BCUT2D eigenvalue weighted by Gasteiger charge is -2.23. The van der Waals surface area contributed by atoms with E-state index in [1.807, 2.05) is 98.8 Å². The van der Waals surface area contributed by atoms with Gasteiger partial charge in [0.2, 0.25) is 0 Å². The average Bonchev–Trinajstić information content (AvgIpc) is 3.13. The SMILES string of the molecule is Cc1ccc(C(=O)Oc2c3ccccc3c(-c3c4ccccc4c(OC(=O)c4ccc(C)cc4)c4cccc(C)c34)c3c(C)cccc23)cc1. The molecule has 0 aliphatic heterocycles. The lowest BCUT2D eigenvalue weighted by Crippen LogP contribution is -2.10. The van der Waals surface area contributed by atoms with Crippen LogP contribution in [-0.2, 0) is 0 Å². The molecule has 0 atom stereocenters. The summed E-state index contributed by atoms with van der Waals surface area (Å²) >= 11 is 0. The molecule has 4 nitrogen and oxygen atoms in total. The predicted molar refractivity (Wildman–Crippen MR) is 204 cm³/mol. The molecule has 8 aromatic rings. The lowest BCUT2D eigenvalue weighted by atomic mass is 9.83. The number of hydrogen-bond acceptors (Lipinski definition) is 4. The second kappa shape index (κ2) is 12.3. The summed E-state index contributed by atoms with van der Waals surface area (Å²) in [6.07, 6.45) is 0. The van der Waals surface area contributed by atoms with Crippen LogP contribution in [0.3, 0.4) is 0 Å². The van der Waals surface area contributed by atoms with E-state index in [2.05, 4.69) is 38.1 Å². The minimum Gasteiger partial charge on any atom is -0.422 e. The second-order valence-corrected chi connectivity index (χ2v) is 13.0. The first-order valence-electron chi connectivity index (χ1n) is 16.8. The average molecular weight is 651 g/mol. The quantitative estimate of drug-likeness (QED) is 0.106. The molecule has 0 saturated heterocycles. The van der Waals surface area contributed by atoms with Crippen molar-refractivity contribution in [3.8, 4) is 22.6 Å². The molecule has 0 bridgehead atoms. The smallest absolute Gasteiger partial charge is 0.343 e. The van der Waals surface area contributed by atoms with Crippen molar-refractivity contribution in [2.45, 2.75) is 27.7 Å². The Balaban J connectivity index is 1.45. The Morgan fingerprint density at radius 1 is 0.380 bits per heavy atom. The van der Waals surface area contributed by atoms with Crippen molar-refractivity contribution in [3.05, 3.63) is 167 Å². The maximum atomic E-state index is 13.6. The Labute approximate surface area is 290 Å². The maximum Gasteiger partial charge on any atom is 0.343 e. The van der Waals surface area contributed by atoms with Gasteiger partial charge in [0.1, 0.15) is 11.5 Å². The molecule has 0 aliphatic rings. The topological polar surface area (TPSA) is 52.6 Å². The van der Waals surface area contributed by atoms with Crippen molar-refractivity contribution in [2.24, 2.45) is 0 Å². The lowest BCUT2D eigenvalue weighted by molar-refractivity contribution is 0.0730. The van der Waals surface area contributed by atoms with Gasteiger partial charge in [0.25, 0.3) is 0 Å². The minimum absolute atomic E-state index is 0.405. The first kappa shape index (κ1) is 31.0. The van der Waals surface area contributed by atoms with Crippen LogP contribution in [0.4, 0.5) is 0 Å². The van der Waals surface area contributed by atoms with E-state index >= 15 is 0 Å². The van der Waals surface area contributed by atoms with Gasteiger partial charge in [0, 0.05) is 21.5 Å². The first-order chi connectivity index (χ1) is 24.3. The van der Waals surface area contributed by atoms with E-state index in [0.29, 0.717) is 22.6 Å².